The van der Waals surface area contributed by atoms with Gasteiger partial charge in [0.15, 0.2) is 0 Å². The molecule has 13 heteroatoms. The Labute approximate surface area is 247 Å². The van der Waals surface area contributed by atoms with Gasteiger partial charge in [-0.25, -0.2) is 0 Å². The van der Waals surface area contributed by atoms with Crippen molar-refractivity contribution in [1.82, 2.24) is 0 Å². The summed E-state index contributed by atoms with van der Waals surface area (Å²) in [4.78, 5) is 26.7. The molecule has 0 aliphatic heterocycles. The minimum atomic E-state index is -4.85. The van der Waals surface area contributed by atoms with E-state index in [9.17, 15) is 9.59 Å². The summed E-state index contributed by atoms with van der Waals surface area (Å²) < 4.78 is 9.28. The van der Waals surface area contributed by atoms with Crippen molar-refractivity contribution in [1.29, 1.82) is 0 Å². The van der Waals surface area contributed by atoms with Gasteiger partial charge in [-0.2, -0.15) is 0 Å². The van der Waals surface area contributed by atoms with Crippen molar-refractivity contribution in [3.63, 3.8) is 0 Å². The van der Waals surface area contributed by atoms with Crippen molar-refractivity contribution in [2.75, 3.05) is 25.7 Å². The number of carbonyl (C=O) groups is 2. The molecule has 4 aromatic rings. The predicted molar refractivity (Wildman–Crippen MR) is 162 cm³/mol. The average Bonchev–Trinajstić information content (AvgIpc) is 2.99. The molecule has 0 saturated carbocycles. The molecule has 0 saturated heterocycles. The van der Waals surface area contributed by atoms with Crippen LogP contribution in [-0.4, -0.2) is 37.8 Å². The molecule has 0 fully saturated rings. The van der Waals surface area contributed by atoms with E-state index in [4.69, 9.17) is 38.9 Å². The predicted octanol–water partition coefficient (Wildman–Crippen LogP) is 7.76. The zero-order chi connectivity index (χ0) is 29.6. The van der Waals surface area contributed by atoms with Crippen LogP contribution >= 0.6 is 17.9 Å². The van der Waals surface area contributed by atoms with Crippen molar-refractivity contribution in [3.8, 4) is 11.5 Å². The number of methoxy groups -OCH3 is 2. The fraction of sp³-hybridized carbons (Fsp3) is 0.0714. The van der Waals surface area contributed by atoms with Gasteiger partial charge in [0.2, 0.25) is 0 Å². The van der Waals surface area contributed by atoms with E-state index in [1.165, 1.54) is 38.5 Å². The summed E-state index contributed by atoms with van der Waals surface area (Å²) in [6, 6.07) is 22.4. The fourth-order valence-electron chi connectivity index (χ4n) is 3.55. The number of halogens is 2. The van der Waals surface area contributed by atoms with Gasteiger partial charge in [0.25, 0.3) is 0 Å². The third-order valence-corrected chi connectivity index (χ3v) is 13.3. The summed E-state index contributed by atoms with van der Waals surface area (Å²) in [5.41, 5.74) is 14.5. The first-order valence-corrected chi connectivity index (χ1v) is 20.1. The molecule has 0 atom stereocenters. The van der Waals surface area contributed by atoms with Gasteiger partial charge >= 0.3 is 248 Å². The molecule has 0 aliphatic rings. The number of hydrogen-bond acceptors (Lipinski definition) is 10. The van der Waals surface area contributed by atoms with E-state index in [-0.39, 0.29) is 11.1 Å². The molecule has 41 heavy (non-hydrogen) atoms. The summed E-state index contributed by atoms with van der Waals surface area (Å²) in [5.74, 6) is 0.883. The SMILES string of the molecule is COc1cc(N)ccc1N=Nc1cccc(C(=O)[Te](Cl)(Cl)C(=O)c2cccc(N=Nc3ccc(N)cc3OC)c2)c1. The maximum absolute atomic E-state index is 13.4. The van der Waals surface area contributed by atoms with E-state index < -0.39 is 23.6 Å². The maximum atomic E-state index is 13.4. The number of carbonyl (C=O) groups excluding carboxylic acids is 2. The molecule has 0 unspecified atom stereocenters. The van der Waals surface area contributed by atoms with Crippen molar-refractivity contribution < 1.29 is 19.1 Å². The third-order valence-electron chi connectivity index (χ3n) is 5.58. The van der Waals surface area contributed by atoms with E-state index in [1.54, 1.807) is 60.7 Å². The van der Waals surface area contributed by atoms with Gasteiger partial charge in [-0.3, -0.25) is 0 Å². The number of nitrogen functional groups attached to an aromatic ring is 2. The Morgan fingerprint density at radius 1 is 0.634 bits per heavy atom. The number of anilines is 2. The number of rotatable bonds is 10. The van der Waals surface area contributed by atoms with Crippen LogP contribution in [0.15, 0.2) is 105 Å². The molecule has 0 spiro atoms. The van der Waals surface area contributed by atoms with E-state index in [2.05, 4.69) is 20.5 Å². The number of hydrogen-bond donors (Lipinski definition) is 2. The van der Waals surface area contributed by atoms with E-state index >= 15 is 0 Å². The Bertz CT molecular complexity index is 1560. The van der Waals surface area contributed by atoms with E-state index in [0.29, 0.717) is 45.6 Å². The average molecular weight is 707 g/mol. The second kappa shape index (κ2) is 13.1. The van der Waals surface area contributed by atoms with Gasteiger partial charge < -0.3 is 0 Å². The quantitative estimate of drug-likeness (QED) is 0.0976. The summed E-state index contributed by atoms with van der Waals surface area (Å²) in [6.07, 6.45) is 0. The van der Waals surface area contributed by atoms with Crippen LogP contribution in [0, 0.1) is 0 Å². The molecule has 4 rings (SSSR count). The van der Waals surface area contributed by atoms with E-state index in [1.807, 2.05) is 0 Å². The normalized spacial score (nSPS) is 12.0. The van der Waals surface area contributed by atoms with Crippen LogP contribution in [0.25, 0.3) is 0 Å². The van der Waals surface area contributed by atoms with Crippen molar-refractivity contribution in [2.24, 2.45) is 20.5 Å². The van der Waals surface area contributed by atoms with Gasteiger partial charge in [-0.1, -0.05) is 0 Å². The molecular weight excluding hydrogens is 683 g/mol. The first-order valence-electron chi connectivity index (χ1n) is 11.8. The van der Waals surface area contributed by atoms with Crippen LogP contribution < -0.4 is 20.9 Å². The molecule has 10 nitrogen and oxygen atoms in total. The summed E-state index contributed by atoms with van der Waals surface area (Å²) in [7, 11) is 16.1. The Morgan fingerprint density at radius 3 is 1.44 bits per heavy atom. The number of benzene rings is 4. The van der Waals surface area contributed by atoms with Crippen molar-refractivity contribution in [3.05, 3.63) is 96.1 Å². The number of nitrogens with two attached hydrogens (primary N) is 2. The minimum absolute atomic E-state index is 0.150. The van der Waals surface area contributed by atoms with Crippen LogP contribution in [-0.2, 0) is 0 Å². The molecule has 0 radical (unpaired) electrons. The van der Waals surface area contributed by atoms with Crippen molar-refractivity contribution >= 4 is 75.7 Å². The molecule has 0 aliphatic carbocycles. The molecule has 0 bridgehead atoms. The van der Waals surface area contributed by atoms with Gasteiger partial charge in [0.05, 0.1) is 0 Å². The van der Waals surface area contributed by atoms with Gasteiger partial charge in [-0.05, 0) is 0 Å². The van der Waals surface area contributed by atoms with Gasteiger partial charge in [-0.15, -0.1) is 0 Å². The topological polar surface area (TPSA) is 154 Å². The zero-order valence-electron chi connectivity index (χ0n) is 21.8. The summed E-state index contributed by atoms with van der Waals surface area (Å²) >= 11 is -4.85. The van der Waals surface area contributed by atoms with Crippen LogP contribution in [0.1, 0.15) is 20.7 Å². The first-order chi connectivity index (χ1) is 19.6. The number of ether oxygens (including phenoxy) is 2. The number of nitrogens with zero attached hydrogens (tertiary/aromatic N) is 4. The monoisotopic (exact) mass is 708 g/mol. The zero-order valence-corrected chi connectivity index (χ0v) is 25.7. The van der Waals surface area contributed by atoms with Crippen LogP contribution in [0.4, 0.5) is 34.1 Å². The Morgan fingerprint density at radius 2 is 1.05 bits per heavy atom. The first kappa shape index (κ1) is 30.0. The van der Waals surface area contributed by atoms with Crippen LogP contribution in [0.2, 0.25) is 0 Å². The molecule has 4 N–H and O–H groups in total. The molecule has 4 aromatic carbocycles. The molecular formula is C28H24Cl2N6O4Te. The van der Waals surface area contributed by atoms with Crippen LogP contribution in [0.5, 0.6) is 11.5 Å². The number of azo groups is 2. The van der Waals surface area contributed by atoms with Gasteiger partial charge in [0, 0.05) is 0 Å². The standard InChI is InChI=1S/C28H24Cl2N6O4Te/c1-39-25-15-19(31)9-11-23(25)35-33-21-7-3-5-17(13-21)27(37)41(29,30)28(38)18-6-4-8-22(14-18)34-36-24-12-10-20(32)16-26(24)40-2/h3-16H,31-32H2,1-2H3. The second-order valence-corrected chi connectivity index (χ2v) is 20.5. The van der Waals surface area contributed by atoms with E-state index in [0.717, 1.165) is 0 Å². The molecule has 0 amide bonds. The van der Waals surface area contributed by atoms with Gasteiger partial charge in [0.1, 0.15) is 0 Å². The molecule has 0 aromatic heterocycles. The Balaban J connectivity index is 1.54. The van der Waals surface area contributed by atoms with Crippen LogP contribution in [0.3, 0.4) is 0 Å². The third kappa shape index (κ3) is 7.20. The Kier molecular flexibility index (Phi) is 9.57. The fourth-order valence-corrected chi connectivity index (χ4v) is 8.83. The second-order valence-electron chi connectivity index (χ2n) is 8.41. The Hall–Kier alpha value is -4.01. The summed E-state index contributed by atoms with van der Waals surface area (Å²) in [5, 5.41) is 16.7. The molecule has 0 heterocycles. The molecule has 210 valence electrons. The van der Waals surface area contributed by atoms with Crippen molar-refractivity contribution in [2.45, 2.75) is 0 Å². The summed E-state index contributed by atoms with van der Waals surface area (Å²) in [6.45, 7) is 0.